The van der Waals surface area contributed by atoms with E-state index in [1.807, 2.05) is 30.3 Å². The highest BCUT2D eigenvalue weighted by Gasteiger charge is 2.23. The maximum absolute atomic E-state index is 10.6. The summed E-state index contributed by atoms with van der Waals surface area (Å²) in [6, 6.07) is 59.3. The normalized spacial score (nSPS) is 12.1. The first kappa shape index (κ1) is 29.1. The van der Waals surface area contributed by atoms with Gasteiger partial charge in [-0.15, -0.1) is 0 Å². The van der Waals surface area contributed by atoms with Crippen LogP contribution in [0.2, 0.25) is 0 Å². The molecule has 0 amide bonds. The number of hydrogen-bond acceptors (Lipinski definition) is 3. The molecule has 4 aromatic heterocycles. The molecule has 0 bridgehead atoms. The Morgan fingerprint density at radius 1 is 0.389 bits per heavy atom. The van der Waals surface area contributed by atoms with Crippen LogP contribution in [-0.2, 0) is 0 Å². The van der Waals surface area contributed by atoms with E-state index in [0.29, 0.717) is 5.56 Å². The molecule has 0 fully saturated rings. The largest absolute Gasteiger partial charge is 0.456 e. The lowest BCUT2D eigenvalue weighted by Gasteiger charge is -2.17. The second-order valence-corrected chi connectivity index (χ2v) is 13.9. The van der Waals surface area contributed by atoms with E-state index in [4.69, 9.17) is 8.83 Å². The Morgan fingerprint density at radius 2 is 0.907 bits per heavy atom. The molecule has 12 rings (SSSR count). The van der Waals surface area contributed by atoms with E-state index in [9.17, 15) is 5.26 Å². The molecule has 0 spiro atoms. The topological polar surface area (TPSA) is 59.9 Å². The number of rotatable bonds is 3. The van der Waals surface area contributed by atoms with E-state index in [0.717, 1.165) is 110 Å². The monoisotopic (exact) mass is 689 g/mol. The number of nitrogens with zero attached hydrogens (tertiary/aromatic N) is 3. The van der Waals surface area contributed by atoms with E-state index in [1.54, 1.807) is 0 Å². The van der Waals surface area contributed by atoms with E-state index in [2.05, 4.69) is 149 Å². The van der Waals surface area contributed by atoms with Crippen molar-refractivity contribution in [1.29, 1.82) is 5.26 Å². The van der Waals surface area contributed by atoms with Gasteiger partial charge in [0.2, 0.25) is 0 Å². The van der Waals surface area contributed by atoms with E-state index >= 15 is 0 Å². The number of fused-ring (bicyclic) bond motifs is 14. The first-order valence-corrected chi connectivity index (χ1v) is 18.1. The Bertz CT molecular complexity index is 3590. The average Bonchev–Trinajstić information content (AvgIpc) is 3.98. The number of furan rings is 2. The van der Waals surface area contributed by atoms with Crippen LogP contribution in [0.15, 0.2) is 173 Å². The Labute approximate surface area is 307 Å². The molecule has 54 heavy (non-hydrogen) atoms. The van der Waals surface area contributed by atoms with Crippen LogP contribution in [0.1, 0.15) is 5.56 Å². The molecule has 0 atom stereocenters. The van der Waals surface area contributed by atoms with Gasteiger partial charge in [-0.1, -0.05) is 91.0 Å². The summed E-state index contributed by atoms with van der Waals surface area (Å²) in [4.78, 5) is 0. The lowest BCUT2D eigenvalue weighted by molar-refractivity contribution is 0.669. The minimum atomic E-state index is 0.610. The van der Waals surface area contributed by atoms with Gasteiger partial charge in [-0.2, -0.15) is 5.26 Å². The molecular weight excluding hydrogens is 663 g/mol. The Kier molecular flexibility index (Phi) is 5.78. The summed E-state index contributed by atoms with van der Waals surface area (Å²) in [6.45, 7) is 0. The lowest BCUT2D eigenvalue weighted by atomic mass is 9.97. The summed E-state index contributed by atoms with van der Waals surface area (Å²) in [5, 5.41) is 19.6. The molecule has 0 aliphatic rings. The van der Waals surface area contributed by atoms with E-state index in [-0.39, 0.29) is 0 Å². The van der Waals surface area contributed by atoms with Crippen LogP contribution >= 0.6 is 0 Å². The van der Waals surface area contributed by atoms with Crippen molar-refractivity contribution < 1.29 is 8.83 Å². The molecule has 5 nitrogen and oxygen atoms in total. The summed E-state index contributed by atoms with van der Waals surface area (Å²) in [7, 11) is 0. The zero-order chi connectivity index (χ0) is 35.5. The van der Waals surface area contributed by atoms with Gasteiger partial charge in [-0.3, -0.25) is 0 Å². The number of benzene rings is 8. The fourth-order valence-corrected chi connectivity index (χ4v) is 8.97. The highest BCUT2D eigenvalue weighted by molar-refractivity contribution is 6.28. The zero-order valence-corrected chi connectivity index (χ0v) is 28.7. The molecule has 0 N–H and O–H groups in total. The first-order chi connectivity index (χ1) is 26.8. The average molecular weight is 690 g/mol. The van der Waals surface area contributed by atoms with Crippen LogP contribution in [0, 0.1) is 11.3 Å². The SMILES string of the molecule is N#Cc1ccc(-n2c3ccccc3c3c4c(ccc32)oc2ccccc24)cc1-c1ccccc1-n1c2ccccc2c2c3c(ccc21)oc1ccccc13. The molecule has 5 heteroatoms. The van der Waals surface area contributed by atoms with Crippen LogP contribution in [0.25, 0.3) is 110 Å². The van der Waals surface area contributed by atoms with Gasteiger partial charge in [0, 0.05) is 59.9 Å². The predicted molar refractivity (Wildman–Crippen MR) is 220 cm³/mol. The van der Waals surface area contributed by atoms with Crippen molar-refractivity contribution in [2.75, 3.05) is 0 Å². The summed E-state index contributed by atoms with van der Waals surface area (Å²) >= 11 is 0. The van der Waals surface area contributed by atoms with Gasteiger partial charge in [0.15, 0.2) is 0 Å². The van der Waals surface area contributed by atoms with Crippen molar-refractivity contribution in [2.24, 2.45) is 0 Å². The Morgan fingerprint density at radius 3 is 1.54 bits per heavy atom. The summed E-state index contributed by atoms with van der Waals surface area (Å²) in [6.07, 6.45) is 0. The quantitative estimate of drug-likeness (QED) is 0.185. The molecule has 0 aliphatic heterocycles. The fraction of sp³-hybridized carbons (Fsp3) is 0. The second kappa shape index (κ2) is 10.7. The van der Waals surface area contributed by atoms with Gasteiger partial charge >= 0.3 is 0 Å². The molecule has 0 saturated carbocycles. The van der Waals surface area contributed by atoms with Gasteiger partial charge in [0.25, 0.3) is 0 Å². The van der Waals surface area contributed by atoms with Crippen molar-refractivity contribution in [3.63, 3.8) is 0 Å². The van der Waals surface area contributed by atoms with E-state index < -0.39 is 0 Å². The lowest BCUT2D eigenvalue weighted by Crippen LogP contribution is -2.00. The van der Waals surface area contributed by atoms with Crippen LogP contribution in [-0.4, -0.2) is 9.13 Å². The number of nitriles is 1. The highest BCUT2D eigenvalue weighted by atomic mass is 16.3. The van der Waals surface area contributed by atoms with Gasteiger partial charge < -0.3 is 18.0 Å². The molecule has 0 aliphatic carbocycles. The third-order valence-corrected chi connectivity index (χ3v) is 11.2. The van der Waals surface area contributed by atoms with Crippen molar-refractivity contribution in [1.82, 2.24) is 9.13 Å². The van der Waals surface area contributed by atoms with Crippen molar-refractivity contribution >= 4 is 87.5 Å². The summed E-state index contributed by atoms with van der Waals surface area (Å²) in [5.41, 5.74) is 12.3. The van der Waals surface area contributed by atoms with Gasteiger partial charge in [0.05, 0.1) is 39.4 Å². The number of hydrogen-bond donors (Lipinski definition) is 0. The van der Waals surface area contributed by atoms with Crippen LogP contribution in [0.4, 0.5) is 0 Å². The molecule has 12 aromatic rings. The van der Waals surface area contributed by atoms with Gasteiger partial charge in [0.1, 0.15) is 22.3 Å². The predicted octanol–water partition coefficient (Wildman–Crippen LogP) is 13.2. The molecule has 250 valence electrons. The highest BCUT2D eigenvalue weighted by Crippen LogP contribution is 2.45. The summed E-state index contributed by atoms with van der Waals surface area (Å²) < 4.78 is 17.3. The van der Waals surface area contributed by atoms with Crippen LogP contribution < -0.4 is 0 Å². The fourth-order valence-electron chi connectivity index (χ4n) is 8.97. The maximum atomic E-state index is 10.6. The molecule has 0 unspecified atom stereocenters. The van der Waals surface area contributed by atoms with Crippen molar-refractivity contribution in [2.45, 2.75) is 0 Å². The molecule has 8 aromatic carbocycles. The van der Waals surface area contributed by atoms with Crippen LogP contribution in [0.5, 0.6) is 0 Å². The Hall–Kier alpha value is -7.55. The Balaban J connectivity index is 1.14. The van der Waals surface area contributed by atoms with Crippen LogP contribution in [0.3, 0.4) is 0 Å². The maximum Gasteiger partial charge on any atom is 0.136 e. The minimum absolute atomic E-state index is 0.610. The molecule has 4 heterocycles. The van der Waals surface area contributed by atoms with Crippen molar-refractivity contribution in [3.8, 4) is 28.6 Å². The molecular formula is C49H27N3O2. The minimum Gasteiger partial charge on any atom is -0.456 e. The first-order valence-electron chi connectivity index (χ1n) is 18.1. The molecule has 0 saturated heterocycles. The number of aromatic nitrogens is 2. The third-order valence-electron chi connectivity index (χ3n) is 11.2. The zero-order valence-electron chi connectivity index (χ0n) is 28.7. The number of para-hydroxylation sites is 5. The van der Waals surface area contributed by atoms with E-state index in [1.165, 1.54) is 0 Å². The standard InChI is InChI=1S/C49H27N3O2/c50-28-29-21-22-30(51-38-17-7-2-12-32(38)46-40(51)23-25-44-48(46)34-14-4-9-19-42(34)53-44)27-36(29)31-11-1-6-16-37(31)52-39-18-8-3-13-33(39)47-41(52)24-26-45-49(47)35-15-5-10-20-43(35)54-45/h1-27H. The van der Waals surface area contributed by atoms with Gasteiger partial charge in [-0.25, -0.2) is 0 Å². The third kappa shape index (κ3) is 3.81. The van der Waals surface area contributed by atoms with Gasteiger partial charge in [-0.05, 0) is 72.8 Å². The van der Waals surface area contributed by atoms with Crippen molar-refractivity contribution in [3.05, 3.63) is 169 Å². The molecule has 0 radical (unpaired) electrons. The smallest absolute Gasteiger partial charge is 0.136 e. The second-order valence-electron chi connectivity index (χ2n) is 13.9. The summed E-state index contributed by atoms with van der Waals surface area (Å²) in [5.74, 6) is 0.